The molecule has 0 radical (unpaired) electrons. The van der Waals surface area contributed by atoms with Gasteiger partial charge in [-0.05, 0) is 162 Å². The van der Waals surface area contributed by atoms with E-state index in [9.17, 15) is 12.3 Å². The molecule has 0 spiro atoms. The van der Waals surface area contributed by atoms with E-state index in [1.165, 1.54) is 12.3 Å². The first kappa shape index (κ1) is 32.1. The maximum atomic E-state index is 10.5. The second-order valence-corrected chi connectivity index (χ2v) is 22.7. The monoisotopic (exact) mass is 1140 g/mol. The van der Waals surface area contributed by atoms with Gasteiger partial charge in [0, 0.05) is 32.7 Å². The van der Waals surface area contributed by atoms with E-state index in [-0.39, 0.29) is 73.0 Å². The molecule has 14 rings (SSSR count). The predicted molar refractivity (Wildman–Crippen MR) is 357 cm³/mol. The topological polar surface area (TPSA) is 35.9 Å². The number of aryl methyl sites for hydroxylation is 1. The molecule has 3 heterocycles. The lowest BCUT2D eigenvalue weighted by atomic mass is 9.78. The van der Waals surface area contributed by atoms with Gasteiger partial charge < -0.3 is 4.74 Å². The van der Waals surface area contributed by atoms with E-state index in [0.29, 0.717) is 33.2 Å². The van der Waals surface area contributed by atoms with E-state index in [4.69, 9.17) is 33.0 Å². The van der Waals surface area contributed by atoms with Gasteiger partial charge in [-0.3, -0.25) is 13.7 Å². The maximum Gasteiger partial charge on any atom is 0.269 e. The molecule has 0 atom stereocenters. The summed E-state index contributed by atoms with van der Waals surface area (Å²) >= 11 is 0. The third-order valence-electron chi connectivity index (χ3n) is 15.0. The number of para-hydroxylation sites is 2. The van der Waals surface area contributed by atoms with Crippen LogP contribution in [0.1, 0.15) is 93.9 Å². The number of hydrogen-bond acceptors (Lipinski definition) is 2. The van der Waals surface area contributed by atoms with Gasteiger partial charge in [-0.1, -0.05) is 235 Å². The zero-order valence-electron chi connectivity index (χ0n) is 73.4. The van der Waals surface area contributed by atoms with Gasteiger partial charge in [0.1, 0.15) is 17.3 Å². The Bertz CT molecular complexity index is 6180. The lowest BCUT2D eigenvalue weighted by Gasteiger charge is -2.27. The van der Waals surface area contributed by atoms with Gasteiger partial charge in [0.2, 0.25) is 0 Å². The van der Waals surface area contributed by atoms with Gasteiger partial charge in [0.25, 0.3) is 6.33 Å². The molecule has 5 heteroatoms. The third kappa shape index (κ3) is 10.2. The van der Waals surface area contributed by atoms with Crippen molar-refractivity contribution in [3.05, 3.63) is 296 Å². The summed E-state index contributed by atoms with van der Waals surface area (Å²) in [7, 11) is 0. The molecule has 3 aromatic heterocycles. The summed E-state index contributed by atoms with van der Waals surface area (Å²) in [5, 5.41) is 1.43. The van der Waals surface area contributed by atoms with Crippen molar-refractivity contribution in [2.45, 2.75) is 59.2 Å². The van der Waals surface area contributed by atoms with Crippen LogP contribution in [0.3, 0.4) is 0 Å². The Balaban J connectivity index is 1.05. The predicted octanol–water partition coefficient (Wildman–Crippen LogP) is 20.9. The number of imidazole rings is 1. The van der Waals surface area contributed by atoms with Crippen molar-refractivity contribution < 1.29 is 44.9 Å². The minimum atomic E-state index is -2.89. The Morgan fingerprint density at radius 2 is 1.02 bits per heavy atom. The van der Waals surface area contributed by atoms with E-state index in [0.717, 1.165) is 16.5 Å². The van der Waals surface area contributed by atoms with Crippen molar-refractivity contribution in [2.75, 3.05) is 0 Å². The van der Waals surface area contributed by atoms with Gasteiger partial charge >= 0.3 is 0 Å². The molecule has 0 fully saturated rings. The molecule has 0 aliphatic heterocycles. The molecule has 0 aliphatic carbocycles. The van der Waals surface area contributed by atoms with Crippen molar-refractivity contribution in [3.8, 4) is 95.5 Å². The second kappa shape index (κ2) is 21.7. The Hall–Kier alpha value is -10.4. The number of ether oxygens (including phenoxy) is 1. The van der Waals surface area contributed by atoms with Crippen molar-refractivity contribution in [3.63, 3.8) is 0 Å². The van der Waals surface area contributed by atoms with E-state index < -0.39 is 179 Å². The number of fused-ring (bicyclic) bond motifs is 4. The molecule has 0 aliphatic rings. The highest BCUT2D eigenvalue weighted by Gasteiger charge is 2.26. The van der Waals surface area contributed by atoms with Crippen LogP contribution in [-0.4, -0.2) is 14.1 Å². The molecule has 11 aromatic carbocycles. The Labute approximate surface area is 540 Å². The first-order chi connectivity index (χ1) is 52.6. The fourth-order valence-electron chi connectivity index (χ4n) is 10.7. The minimum Gasteiger partial charge on any atom is -0.458 e. The van der Waals surface area contributed by atoms with Crippen LogP contribution in [0.15, 0.2) is 273 Å². The minimum absolute atomic E-state index is 0.0112. The lowest BCUT2D eigenvalue weighted by molar-refractivity contribution is -0.571. The SMILES string of the molecule is [2H]c1c([2H])c([2H])c(-c2ccc3c(c2)n(-c2cccc(Oc4ccc5c6ccccc6n(-c6cc(C([2H])([2H])[2H])c(-c7c([2H])c([2H])c([2H])c([2H])c7[2H])cn6)c5c4)c2)[c-][n+]3-c2c(-c3cc(C(C)(C)C)cc(C(C)(C)C)c3)cccc2-c2c([2H])c(-c3c([2H])c([2H])c([2H])c([2H])c3[2H])c([2H])c(-c3c([2H])c([2H])c([2H])c([2H])c3[2H])c2[2H])c([2H])c1[2H]. The summed E-state index contributed by atoms with van der Waals surface area (Å²) in [5.74, 6) is 0.584. The van der Waals surface area contributed by atoms with Gasteiger partial charge in [-0.25, -0.2) is 4.98 Å². The number of rotatable bonds is 11. The van der Waals surface area contributed by atoms with Crippen molar-refractivity contribution in [1.29, 1.82) is 0 Å². The van der Waals surface area contributed by atoms with E-state index >= 15 is 0 Å². The Morgan fingerprint density at radius 1 is 0.453 bits per heavy atom. The smallest absolute Gasteiger partial charge is 0.269 e. The zero-order valence-corrected chi connectivity index (χ0v) is 47.4. The van der Waals surface area contributed by atoms with Crippen molar-refractivity contribution >= 4 is 32.8 Å². The summed E-state index contributed by atoms with van der Waals surface area (Å²) in [4.78, 5) is 4.73. The summed E-state index contributed by atoms with van der Waals surface area (Å²) in [6.07, 6.45) is 4.74. The molecule has 416 valence electrons. The number of aromatic nitrogens is 4. The molecule has 5 nitrogen and oxygen atoms in total. The van der Waals surface area contributed by atoms with Crippen LogP contribution >= 0.6 is 0 Å². The van der Waals surface area contributed by atoms with Gasteiger partial charge in [0.05, 0.1) is 65.0 Å². The number of benzene rings is 11. The highest BCUT2D eigenvalue weighted by atomic mass is 16.5. The average Bonchev–Trinajstić information content (AvgIpc) is 0.972. The number of hydrogen-bond donors (Lipinski definition) is 0. The van der Waals surface area contributed by atoms with Crippen LogP contribution in [0.2, 0.25) is 0 Å². The summed E-state index contributed by atoms with van der Waals surface area (Å²) < 4.78 is 246. The van der Waals surface area contributed by atoms with Crippen LogP contribution in [0.5, 0.6) is 11.5 Å². The maximum absolute atomic E-state index is 10.5. The Morgan fingerprint density at radius 3 is 1.66 bits per heavy atom. The van der Waals surface area contributed by atoms with Crippen molar-refractivity contribution in [2.24, 2.45) is 0 Å². The zero-order chi connectivity index (χ0) is 81.2. The van der Waals surface area contributed by atoms with E-state index in [2.05, 4.69) is 12.4 Å². The van der Waals surface area contributed by atoms with Crippen LogP contribution in [-0.2, 0) is 10.8 Å². The van der Waals surface area contributed by atoms with Crippen LogP contribution in [0.4, 0.5) is 0 Å². The molecule has 0 amide bonds. The number of pyridine rings is 1. The summed E-state index contributed by atoms with van der Waals surface area (Å²) in [5.41, 5.74) is 0.0550. The number of nitrogens with zero attached hydrogens (tertiary/aromatic N) is 4. The van der Waals surface area contributed by atoms with Crippen LogP contribution < -0.4 is 9.30 Å². The third-order valence-corrected chi connectivity index (χ3v) is 15.0. The first-order valence-electron chi connectivity index (χ1n) is 40.6. The molecular formula is C81H66N4O. The van der Waals surface area contributed by atoms with Crippen LogP contribution in [0, 0.1) is 13.2 Å². The molecular weight excluding hydrogens is 1040 g/mol. The molecule has 0 unspecified atom stereocenters. The quantitative estimate of drug-likeness (QED) is 0.0956. The van der Waals surface area contributed by atoms with E-state index in [1.54, 1.807) is 92.6 Å². The molecule has 86 heavy (non-hydrogen) atoms. The van der Waals surface area contributed by atoms with Gasteiger partial charge in [0.15, 0.2) is 0 Å². The summed E-state index contributed by atoms with van der Waals surface area (Å²) in [6.45, 7) is 9.40. The normalized spacial score (nSPS) is 16.3. The average molecular weight is 1140 g/mol. The largest absolute Gasteiger partial charge is 0.458 e. The fraction of sp³-hybridized carbons (Fsp3) is 0.111. The molecule has 0 bridgehead atoms. The highest BCUT2D eigenvalue weighted by molar-refractivity contribution is 6.09. The first-order valence-corrected chi connectivity index (χ1v) is 27.6. The molecule has 0 saturated carbocycles. The molecule has 0 N–H and O–H groups in total. The standard InChI is InChI=1S/C81H66N4O/c1-54-42-78(82-52-73(54)58-30-18-11-19-31-58)85-74-37-21-20-34-71(74)72-40-39-68(51-76(72)85)86-67-33-22-32-66(50-67)83-53-84(75-41-38-59(48-77(75)83)55-24-12-8-13-25-55)79-69(35-23-36-70(79)63-46-64(80(2,3)4)49-65(47-63)81(5,6)7)62-44-60(56-26-14-9-15-27-56)43-61(45-62)57-28-16-10-17-29-57/h8-52H,1-7H3/i1D3,8D,9D,10D,11D,12D,13D,14D,15D,16D,17D,18D,19D,24D,25D,26D,27D,28D,29D,30D,31D,43D,44D,45D. The second-order valence-electron chi connectivity index (χ2n) is 22.7. The van der Waals surface area contributed by atoms with E-state index in [1.807, 2.05) is 77.9 Å². The molecule has 14 aromatic rings. The highest BCUT2D eigenvalue weighted by Crippen LogP contribution is 2.43. The fourth-order valence-corrected chi connectivity index (χ4v) is 10.7. The Kier molecular flexibility index (Phi) is 8.08. The van der Waals surface area contributed by atoms with Gasteiger partial charge in [-0.15, -0.1) is 0 Å². The van der Waals surface area contributed by atoms with Gasteiger partial charge in [-0.2, -0.15) is 0 Å². The lowest BCUT2D eigenvalue weighted by Crippen LogP contribution is -2.31. The van der Waals surface area contributed by atoms with Crippen LogP contribution in [0.25, 0.3) is 117 Å². The molecule has 0 saturated heterocycles. The summed E-state index contributed by atoms with van der Waals surface area (Å²) in [6, 6.07) is 19.9. The van der Waals surface area contributed by atoms with Crippen molar-refractivity contribution in [1.82, 2.24) is 14.1 Å².